The number of hydrogen-bond acceptors (Lipinski definition) is 3. The molecule has 0 N–H and O–H groups in total. The normalized spacial score (nSPS) is 22.5. The lowest BCUT2D eigenvalue weighted by molar-refractivity contribution is 0.00578. The van der Waals surface area contributed by atoms with Crippen LogP contribution in [0.2, 0.25) is 0 Å². The largest absolute Gasteiger partial charge is 0.497 e. The van der Waals surface area contributed by atoms with E-state index in [0.29, 0.717) is 5.46 Å². The Morgan fingerprint density at radius 1 is 1.16 bits per heavy atom. The lowest BCUT2D eigenvalue weighted by Gasteiger charge is -2.32. The van der Waals surface area contributed by atoms with Gasteiger partial charge in [0.1, 0.15) is 5.82 Å². The highest BCUT2D eigenvalue weighted by Crippen LogP contribution is 2.36. The molecule has 0 saturated carbocycles. The van der Waals surface area contributed by atoms with Crippen LogP contribution in [0.25, 0.3) is 0 Å². The Hall–Kier alpha value is -0.715. The molecule has 1 aromatic carbocycles. The summed E-state index contributed by atoms with van der Waals surface area (Å²) in [4.78, 5) is 0.173. The zero-order chi connectivity index (χ0) is 14.4. The fourth-order valence-corrected chi connectivity index (χ4v) is 2.54. The molecule has 2 rings (SSSR count). The predicted molar refractivity (Wildman–Crippen MR) is 74.4 cm³/mol. The predicted octanol–water partition coefficient (Wildman–Crippen LogP) is 1.86. The van der Waals surface area contributed by atoms with Gasteiger partial charge in [-0.15, -0.1) is 0 Å². The Morgan fingerprint density at radius 3 is 2.16 bits per heavy atom. The fourth-order valence-electron chi connectivity index (χ4n) is 1.90. The Labute approximate surface area is 116 Å². The summed E-state index contributed by atoms with van der Waals surface area (Å²) in [6.07, 6.45) is 1.45. The van der Waals surface area contributed by atoms with Crippen LogP contribution in [0.15, 0.2) is 23.1 Å². The number of halogens is 1. The van der Waals surface area contributed by atoms with E-state index in [0.717, 1.165) is 0 Å². The summed E-state index contributed by atoms with van der Waals surface area (Å²) < 4.78 is 37.4. The number of benzene rings is 1. The highest BCUT2D eigenvalue weighted by Gasteiger charge is 2.52. The van der Waals surface area contributed by atoms with E-state index in [4.69, 9.17) is 9.31 Å². The van der Waals surface area contributed by atoms with Gasteiger partial charge in [0.2, 0.25) is 0 Å². The van der Waals surface area contributed by atoms with E-state index < -0.39 is 34.9 Å². The van der Waals surface area contributed by atoms with Crippen molar-refractivity contribution in [2.75, 3.05) is 6.26 Å². The molecule has 6 heteroatoms. The smallest absolute Gasteiger partial charge is 0.399 e. The summed E-state index contributed by atoms with van der Waals surface area (Å²) in [6.45, 7) is 7.64. The van der Waals surface area contributed by atoms with E-state index in [1.165, 1.54) is 12.3 Å². The molecule has 0 spiro atoms. The fraction of sp³-hybridized carbons (Fsp3) is 0.538. The topological polar surface area (TPSA) is 35.5 Å². The van der Waals surface area contributed by atoms with Gasteiger partial charge in [0.05, 0.1) is 26.9 Å². The van der Waals surface area contributed by atoms with E-state index in [1.54, 1.807) is 12.1 Å². The maximum atomic E-state index is 14.3. The van der Waals surface area contributed by atoms with Gasteiger partial charge >= 0.3 is 7.12 Å². The molecule has 1 heterocycles. The summed E-state index contributed by atoms with van der Waals surface area (Å²) in [7, 11) is -2.15. The maximum Gasteiger partial charge on any atom is 0.497 e. The highest BCUT2D eigenvalue weighted by molar-refractivity contribution is 7.84. The van der Waals surface area contributed by atoms with Crippen LogP contribution in [0.5, 0.6) is 0 Å². The summed E-state index contributed by atoms with van der Waals surface area (Å²) in [5.74, 6) is -0.512. The average molecular weight is 284 g/mol. The minimum atomic E-state index is -1.38. The zero-order valence-electron chi connectivity index (χ0n) is 11.8. The first-order valence-electron chi connectivity index (χ1n) is 6.13. The van der Waals surface area contributed by atoms with E-state index in [-0.39, 0.29) is 4.90 Å². The quantitative estimate of drug-likeness (QED) is 0.778. The molecular formula is C13H18BFO3S. The summed E-state index contributed by atoms with van der Waals surface area (Å²) in [6, 6.07) is 4.79. The Morgan fingerprint density at radius 2 is 1.68 bits per heavy atom. The van der Waals surface area contributed by atoms with Crippen LogP contribution in [0.3, 0.4) is 0 Å². The van der Waals surface area contributed by atoms with Crippen molar-refractivity contribution in [1.29, 1.82) is 0 Å². The molecule has 19 heavy (non-hydrogen) atoms. The zero-order valence-corrected chi connectivity index (χ0v) is 12.6. The average Bonchev–Trinajstić information content (AvgIpc) is 2.47. The van der Waals surface area contributed by atoms with E-state index in [9.17, 15) is 8.60 Å². The van der Waals surface area contributed by atoms with Gasteiger partial charge in [0, 0.05) is 11.7 Å². The van der Waals surface area contributed by atoms with Gasteiger partial charge in [-0.1, -0.05) is 12.1 Å². The van der Waals surface area contributed by atoms with Crippen LogP contribution in [0.1, 0.15) is 27.7 Å². The molecule has 1 aliphatic heterocycles. The van der Waals surface area contributed by atoms with Gasteiger partial charge in [-0.2, -0.15) is 0 Å². The molecule has 1 fully saturated rings. The number of rotatable bonds is 2. The van der Waals surface area contributed by atoms with Crippen LogP contribution < -0.4 is 5.46 Å². The third-order valence-corrected chi connectivity index (χ3v) is 4.74. The lowest BCUT2D eigenvalue weighted by atomic mass is 9.79. The lowest BCUT2D eigenvalue weighted by Crippen LogP contribution is -2.41. The van der Waals surface area contributed by atoms with Crippen LogP contribution in [-0.2, 0) is 20.1 Å². The maximum absolute atomic E-state index is 14.3. The molecule has 1 saturated heterocycles. The molecular weight excluding hydrogens is 266 g/mol. The van der Waals surface area contributed by atoms with Crippen molar-refractivity contribution >= 4 is 23.4 Å². The van der Waals surface area contributed by atoms with Crippen molar-refractivity contribution in [3.63, 3.8) is 0 Å². The summed E-state index contributed by atoms with van der Waals surface area (Å²) in [5, 5.41) is 0. The second kappa shape index (κ2) is 4.68. The van der Waals surface area contributed by atoms with Crippen molar-refractivity contribution in [3.05, 3.63) is 24.0 Å². The van der Waals surface area contributed by atoms with Crippen molar-refractivity contribution < 1.29 is 17.9 Å². The third kappa shape index (κ3) is 2.49. The molecule has 3 nitrogen and oxygen atoms in total. The van der Waals surface area contributed by atoms with E-state index >= 15 is 0 Å². The Bertz CT molecular complexity index is 515. The Kier molecular flexibility index (Phi) is 3.62. The van der Waals surface area contributed by atoms with E-state index in [2.05, 4.69) is 0 Å². The standard InChI is InChI=1S/C13H18BFO3S/c1-12(2)13(3,4)18-14(17-12)9-7-6-8-10(11(9)15)19(5)16/h6-8H,1-5H3. The SMILES string of the molecule is CS(=O)c1cccc(B2OC(C)(C)C(C)(C)O2)c1F. The first-order chi connectivity index (χ1) is 8.66. The second-order valence-corrected chi connectivity index (χ2v) is 7.05. The second-order valence-electron chi connectivity index (χ2n) is 5.70. The van der Waals surface area contributed by atoms with Crippen molar-refractivity contribution in [2.45, 2.75) is 43.8 Å². The number of hydrogen-bond donors (Lipinski definition) is 0. The van der Waals surface area contributed by atoms with Gasteiger partial charge < -0.3 is 9.31 Å². The minimum absolute atomic E-state index is 0.173. The molecule has 0 radical (unpaired) electrons. The van der Waals surface area contributed by atoms with Crippen LogP contribution in [-0.4, -0.2) is 28.8 Å². The van der Waals surface area contributed by atoms with Crippen molar-refractivity contribution in [3.8, 4) is 0 Å². The minimum Gasteiger partial charge on any atom is -0.399 e. The highest BCUT2D eigenvalue weighted by atomic mass is 32.2. The molecule has 1 aliphatic rings. The van der Waals surface area contributed by atoms with Crippen LogP contribution in [0.4, 0.5) is 4.39 Å². The summed E-state index contributed by atoms with van der Waals surface area (Å²) >= 11 is 0. The molecule has 1 atom stereocenters. The molecule has 0 bridgehead atoms. The Balaban J connectivity index is 2.40. The van der Waals surface area contributed by atoms with E-state index in [1.807, 2.05) is 27.7 Å². The molecule has 104 valence electrons. The third-order valence-electron chi connectivity index (χ3n) is 3.81. The van der Waals surface area contributed by atoms with Gasteiger partial charge in [0.15, 0.2) is 0 Å². The molecule has 0 aromatic heterocycles. The van der Waals surface area contributed by atoms with Crippen molar-refractivity contribution in [1.82, 2.24) is 0 Å². The van der Waals surface area contributed by atoms with Crippen LogP contribution >= 0.6 is 0 Å². The molecule has 0 amide bonds. The van der Waals surface area contributed by atoms with Crippen molar-refractivity contribution in [2.24, 2.45) is 0 Å². The van der Waals surface area contributed by atoms with Gasteiger partial charge in [-0.05, 0) is 33.8 Å². The molecule has 0 aliphatic carbocycles. The summed E-state index contributed by atoms with van der Waals surface area (Å²) in [5.41, 5.74) is -0.747. The first-order valence-corrected chi connectivity index (χ1v) is 7.69. The van der Waals surface area contributed by atoms with Gasteiger partial charge in [-0.25, -0.2) is 4.39 Å². The monoisotopic (exact) mass is 284 g/mol. The molecule has 1 unspecified atom stereocenters. The first kappa shape index (κ1) is 14.7. The van der Waals surface area contributed by atoms with Crippen LogP contribution in [0, 0.1) is 5.82 Å². The van der Waals surface area contributed by atoms with Gasteiger partial charge in [-0.3, -0.25) is 4.21 Å². The molecule has 1 aromatic rings. The van der Waals surface area contributed by atoms with Gasteiger partial charge in [0.25, 0.3) is 0 Å².